The fourth-order valence-electron chi connectivity index (χ4n) is 0.769. The van der Waals surface area contributed by atoms with E-state index in [0.29, 0.717) is 6.92 Å². The van der Waals surface area contributed by atoms with Crippen LogP contribution in [0.15, 0.2) is 0 Å². The summed E-state index contributed by atoms with van der Waals surface area (Å²) in [6.07, 6.45) is -14.1. The van der Waals surface area contributed by atoms with E-state index in [-0.39, 0.29) is 0 Å². The van der Waals surface area contributed by atoms with Crippen LogP contribution in [-0.4, -0.2) is 30.6 Å². The van der Waals surface area contributed by atoms with E-state index in [0.717, 1.165) is 0 Å². The highest BCUT2D eigenvalue weighted by atomic mass is 19.3. The Kier molecular flexibility index (Phi) is 4.36. The summed E-state index contributed by atoms with van der Waals surface area (Å²) in [5.74, 6) is -9.95. The first kappa shape index (κ1) is 14.4. The second kappa shape index (κ2) is 4.52. The van der Waals surface area contributed by atoms with Gasteiger partial charge in [0.1, 0.15) is 0 Å². The van der Waals surface area contributed by atoms with Crippen molar-refractivity contribution in [3.05, 3.63) is 0 Å². The van der Waals surface area contributed by atoms with E-state index in [1.807, 2.05) is 0 Å². The molecule has 2 atom stereocenters. The molecule has 92 valence electrons. The lowest BCUT2D eigenvalue weighted by Crippen LogP contribution is -2.51. The summed E-state index contributed by atoms with van der Waals surface area (Å²) in [6, 6.07) is 0. The fourth-order valence-corrected chi connectivity index (χ4v) is 0.769. The molecule has 0 N–H and O–H groups in total. The van der Waals surface area contributed by atoms with Crippen LogP contribution in [0.4, 0.5) is 35.1 Å². The molecule has 8 heteroatoms. The third kappa shape index (κ3) is 2.94. The van der Waals surface area contributed by atoms with Crippen molar-refractivity contribution in [3.63, 3.8) is 0 Å². The number of rotatable bonds is 5. The minimum Gasteiger partial charge on any atom is -0.234 e. The molecule has 0 aliphatic rings. The summed E-state index contributed by atoms with van der Waals surface area (Å²) in [6.45, 7) is 0.679. The van der Waals surface area contributed by atoms with Crippen molar-refractivity contribution in [2.45, 2.75) is 44.0 Å². The Hall–Kier alpha value is -0.560. The Labute approximate surface area is 80.3 Å². The van der Waals surface area contributed by atoms with Crippen LogP contribution in [0.3, 0.4) is 0 Å². The maximum Gasteiger partial charge on any atom is 0.320 e. The van der Waals surface area contributed by atoms with Crippen molar-refractivity contribution in [3.8, 4) is 0 Å². The first-order chi connectivity index (χ1) is 6.57. The van der Waals surface area contributed by atoms with Gasteiger partial charge < -0.3 is 0 Å². The molecular formula is C7H8F8. The minimum atomic E-state index is -5.41. The molecule has 0 saturated heterocycles. The van der Waals surface area contributed by atoms with E-state index in [1.54, 1.807) is 0 Å². The van der Waals surface area contributed by atoms with E-state index >= 15 is 0 Å². The zero-order valence-electron chi connectivity index (χ0n) is 7.46. The highest BCUT2D eigenvalue weighted by Gasteiger charge is 2.61. The number of alkyl halides is 8. The van der Waals surface area contributed by atoms with E-state index in [2.05, 4.69) is 0 Å². The van der Waals surface area contributed by atoms with Gasteiger partial charge in [0.15, 0.2) is 0 Å². The fraction of sp³-hybridized carbons (Fsp3) is 1.00. The first-order valence-electron chi connectivity index (χ1n) is 3.89. The Bertz CT molecular complexity index is 201. The van der Waals surface area contributed by atoms with Gasteiger partial charge in [-0.05, 0) is 0 Å². The predicted molar refractivity (Wildman–Crippen MR) is 36.0 cm³/mol. The van der Waals surface area contributed by atoms with Gasteiger partial charge in [-0.25, -0.2) is 26.3 Å². The smallest absolute Gasteiger partial charge is 0.234 e. The molecule has 0 saturated carbocycles. The second-order valence-corrected chi connectivity index (χ2v) is 2.89. The quantitative estimate of drug-likeness (QED) is 0.648. The lowest BCUT2D eigenvalue weighted by Gasteiger charge is -2.28. The van der Waals surface area contributed by atoms with Gasteiger partial charge in [0.2, 0.25) is 12.3 Å². The van der Waals surface area contributed by atoms with Crippen molar-refractivity contribution in [2.75, 3.05) is 0 Å². The lowest BCUT2D eigenvalue weighted by atomic mass is 10.0. The molecule has 0 aromatic heterocycles. The molecule has 0 rings (SSSR count). The molecule has 0 aromatic rings. The van der Waals surface area contributed by atoms with E-state index in [4.69, 9.17) is 0 Å². The zero-order chi connectivity index (χ0) is 12.4. The van der Waals surface area contributed by atoms with Gasteiger partial charge in [0.25, 0.3) is 12.3 Å². The molecule has 0 aromatic carbocycles. The molecule has 0 fully saturated rings. The molecule has 0 radical (unpaired) electrons. The maximum absolute atomic E-state index is 12.5. The molecule has 0 nitrogen and oxygen atoms in total. The van der Waals surface area contributed by atoms with Crippen molar-refractivity contribution in [1.29, 1.82) is 0 Å². The second-order valence-electron chi connectivity index (χ2n) is 2.89. The Morgan fingerprint density at radius 2 is 1.33 bits per heavy atom. The van der Waals surface area contributed by atoms with E-state index in [9.17, 15) is 35.1 Å². The summed E-state index contributed by atoms with van der Waals surface area (Å²) >= 11 is 0. The molecule has 0 bridgehead atoms. The Morgan fingerprint density at radius 1 is 0.933 bits per heavy atom. The highest BCUT2D eigenvalue weighted by molar-refractivity contribution is 4.93. The number of halogens is 8. The first-order valence-corrected chi connectivity index (χ1v) is 3.89. The van der Waals surface area contributed by atoms with Crippen LogP contribution in [0.1, 0.15) is 13.3 Å². The summed E-state index contributed by atoms with van der Waals surface area (Å²) in [7, 11) is 0. The van der Waals surface area contributed by atoms with Crippen LogP contribution in [-0.2, 0) is 0 Å². The summed E-state index contributed by atoms with van der Waals surface area (Å²) in [5, 5.41) is 0. The van der Waals surface area contributed by atoms with Crippen LogP contribution in [0, 0.1) is 0 Å². The summed E-state index contributed by atoms with van der Waals surface area (Å²) < 4.78 is 97.3. The standard InChI is InChI=1S/C7H8F8/c1-2-6(12,13)5(11)7(14,15)3(8)4(9)10/h3-5H,2H2,1H3/t3?,5-/m0/s1. The van der Waals surface area contributed by atoms with Gasteiger partial charge in [-0.2, -0.15) is 8.78 Å². The Balaban J connectivity index is 4.87. The van der Waals surface area contributed by atoms with Gasteiger partial charge in [-0.3, -0.25) is 0 Å². The van der Waals surface area contributed by atoms with Gasteiger partial charge >= 0.3 is 5.92 Å². The third-order valence-corrected chi connectivity index (χ3v) is 1.77. The average molecular weight is 244 g/mol. The van der Waals surface area contributed by atoms with Crippen molar-refractivity contribution in [1.82, 2.24) is 0 Å². The third-order valence-electron chi connectivity index (χ3n) is 1.77. The van der Waals surface area contributed by atoms with Crippen LogP contribution < -0.4 is 0 Å². The number of hydrogen-bond acceptors (Lipinski definition) is 0. The molecule has 15 heavy (non-hydrogen) atoms. The lowest BCUT2D eigenvalue weighted by molar-refractivity contribution is -0.225. The number of hydrogen-bond donors (Lipinski definition) is 0. The highest BCUT2D eigenvalue weighted by Crippen LogP contribution is 2.40. The van der Waals surface area contributed by atoms with Crippen molar-refractivity contribution < 1.29 is 35.1 Å². The van der Waals surface area contributed by atoms with Crippen LogP contribution in [0.25, 0.3) is 0 Å². The maximum atomic E-state index is 12.5. The topological polar surface area (TPSA) is 0 Å². The van der Waals surface area contributed by atoms with Gasteiger partial charge in [0, 0.05) is 6.42 Å². The molecule has 0 aliphatic heterocycles. The van der Waals surface area contributed by atoms with Gasteiger partial charge in [0.05, 0.1) is 0 Å². The van der Waals surface area contributed by atoms with E-state index in [1.165, 1.54) is 0 Å². The minimum absolute atomic E-state index is 0.679. The van der Waals surface area contributed by atoms with Crippen molar-refractivity contribution >= 4 is 0 Å². The normalized spacial score (nSPS) is 18.0. The SMILES string of the molecule is CCC(F)(F)[C@H](F)C(F)(F)C(F)C(F)F. The van der Waals surface area contributed by atoms with E-state index < -0.39 is 37.0 Å². The van der Waals surface area contributed by atoms with Crippen LogP contribution >= 0.6 is 0 Å². The van der Waals surface area contributed by atoms with Crippen LogP contribution in [0.5, 0.6) is 0 Å². The zero-order valence-corrected chi connectivity index (χ0v) is 7.46. The predicted octanol–water partition coefficient (Wildman–Crippen LogP) is 3.61. The largest absolute Gasteiger partial charge is 0.320 e. The van der Waals surface area contributed by atoms with Gasteiger partial charge in [-0.1, -0.05) is 6.92 Å². The van der Waals surface area contributed by atoms with Gasteiger partial charge in [-0.15, -0.1) is 0 Å². The molecular weight excluding hydrogens is 236 g/mol. The van der Waals surface area contributed by atoms with Crippen LogP contribution in [0.2, 0.25) is 0 Å². The molecule has 0 amide bonds. The monoisotopic (exact) mass is 244 g/mol. The average Bonchev–Trinajstić information content (AvgIpc) is 2.15. The summed E-state index contributed by atoms with van der Waals surface area (Å²) in [5.41, 5.74) is 0. The van der Waals surface area contributed by atoms with Crippen molar-refractivity contribution in [2.24, 2.45) is 0 Å². The molecule has 0 heterocycles. The molecule has 0 aliphatic carbocycles. The molecule has 1 unspecified atom stereocenters. The molecule has 0 spiro atoms. The Morgan fingerprint density at radius 3 is 1.60 bits per heavy atom. The summed E-state index contributed by atoms with van der Waals surface area (Å²) in [4.78, 5) is 0.